The molecule has 3 N–H and O–H groups in total. The summed E-state index contributed by atoms with van der Waals surface area (Å²) in [6, 6.07) is 9.46. The van der Waals surface area contributed by atoms with Crippen molar-refractivity contribution in [3.63, 3.8) is 0 Å². The monoisotopic (exact) mass is 175 g/mol. The molecule has 0 fully saturated rings. The maximum atomic E-state index is 8.56. The molecule has 1 aromatic carbocycles. The van der Waals surface area contributed by atoms with Gasteiger partial charge in [0.1, 0.15) is 0 Å². The molecule has 0 aliphatic carbocycles. The van der Waals surface area contributed by atoms with E-state index in [9.17, 15) is 0 Å². The molecule has 0 heterocycles. The highest BCUT2D eigenvalue weighted by Crippen LogP contribution is 2.08. The molecule has 3 nitrogen and oxygen atoms in total. The second kappa shape index (κ2) is 5.18. The van der Waals surface area contributed by atoms with E-state index in [4.69, 9.17) is 11.0 Å². The number of nitrogens with one attached hydrogen (secondary N) is 1. The van der Waals surface area contributed by atoms with E-state index >= 15 is 0 Å². The van der Waals surface area contributed by atoms with E-state index in [2.05, 4.69) is 11.4 Å². The van der Waals surface area contributed by atoms with E-state index in [0.717, 1.165) is 18.7 Å². The fraction of sp³-hybridized carbons (Fsp3) is 0.300. The number of nitriles is 1. The van der Waals surface area contributed by atoms with Crippen LogP contribution in [0.25, 0.3) is 0 Å². The Morgan fingerprint density at radius 3 is 2.54 bits per heavy atom. The van der Waals surface area contributed by atoms with Gasteiger partial charge < -0.3 is 11.1 Å². The van der Waals surface area contributed by atoms with Crippen molar-refractivity contribution in [1.29, 1.82) is 5.26 Å². The summed E-state index contributed by atoms with van der Waals surface area (Å²) >= 11 is 0. The molecular formula is C10H13N3. The Kier molecular flexibility index (Phi) is 3.80. The number of benzene rings is 1. The molecule has 0 unspecified atom stereocenters. The van der Waals surface area contributed by atoms with Gasteiger partial charge in [0, 0.05) is 12.2 Å². The number of hydrogen-bond donors (Lipinski definition) is 2. The lowest BCUT2D eigenvalue weighted by Crippen LogP contribution is -2.08. The third kappa shape index (κ3) is 3.14. The quantitative estimate of drug-likeness (QED) is 0.678. The Bertz CT molecular complexity index is 284. The Hall–Kier alpha value is -1.53. The fourth-order valence-corrected chi connectivity index (χ4v) is 0.997. The van der Waals surface area contributed by atoms with Crippen molar-refractivity contribution >= 4 is 5.69 Å². The largest absolute Gasteiger partial charge is 0.385 e. The van der Waals surface area contributed by atoms with Gasteiger partial charge in [-0.3, -0.25) is 0 Å². The molecule has 13 heavy (non-hydrogen) atoms. The second-order valence-corrected chi connectivity index (χ2v) is 2.76. The van der Waals surface area contributed by atoms with Gasteiger partial charge in [-0.25, -0.2) is 0 Å². The predicted molar refractivity (Wildman–Crippen MR) is 53.3 cm³/mol. The summed E-state index contributed by atoms with van der Waals surface area (Å²) in [5, 5.41) is 11.8. The Morgan fingerprint density at radius 1 is 1.31 bits per heavy atom. The third-order valence-electron chi connectivity index (χ3n) is 1.72. The first-order valence-electron chi connectivity index (χ1n) is 4.31. The van der Waals surface area contributed by atoms with Gasteiger partial charge in [-0.05, 0) is 37.2 Å². The molecule has 0 spiro atoms. The lowest BCUT2D eigenvalue weighted by atomic mass is 10.2. The van der Waals surface area contributed by atoms with Gasteiger partial charge in [-0.1, -0.05) is 0 Å². The van der Waals surface area contributed by atoms with Crippen molar-refractivity contribution in [2.45, 2.75) is 6.42 Å². The molecule has 68 valence electrons. The Balaban J connectivity index is 2.46. The molecule has 1 aromatic rings. The van der Waals surface area contributed by atoms with Crippen LogP contribution in [0.2, 0.25) is 0 Å². The molecule has 0 saturated heterocycles. The maximum Gasteiger partial charge on any atom is 0.0991 e. The minimum absolute atomic E-state index is 0.685. The number of hydrogen-bond acceptors (Lipinski definition) is 3. The number of rotatable bonds is 4. The molecular weight excluding hydrogens is 162 g/mol. The van der Waals surface area contributed by atoms with E-state index in [1.807, 2.05) is 12.1 Å². The van der Waals surface area contributed by atoms with Crippen molar-refractivity contribution in [1.82, 2.24) is 0 Å². The van der Waals surface area contributed by atoms with Crippen LogP contribution in [-0.4, -0.2) is 13.1 Å². The topological polar surface area (TPSA) is 61.8 Å². The number of anilines is 1. The maximum absolute atomic E-state index is 8.56. The van der Waals surface area contributed by atoms with Gasteiger partial charge in [0.15, 0.2) is 0 Å². The lowest BCUT2D eigenvalue weighted by Gasteiger charge is -2.04. The normalized spacial score (nSPS) is 9.23. The van der Waals surface area contributed by atoms with E-state index in [-0.39, 0.29) is 0 Å². The average molecular weight is 175 g/mol. The van der Waals surface area contributed by atoms with Crippen LogP contribution in [0.3, 0.4) is 0 Å². The molecule has 0 aliphatic rings. The second-order valence-electron chi connectivity index (χ2n) is 2.76. The van der Waals surface area contributed by atoms with Crippen LogP contribution < -0.4 is 11.1 Å². The highest BCUT2D eigenvalue weighted by Gasteiger charge is 1.91. The molecule has 3 heteroatoms. The smallest absolute Gasteiger partial charge is 0.0991 e. The minimum atomic E-state index is 0.685. The van der Waals surface area contributed by atoms with E-state index in [1.54, 1.807) is 12.1 Å². The van der Waals surface area contributed by atoms with E-state index < -0.39 is 0 Å². The molecule has 0 radical (unpaired) electrons. The van der Waals surface area contributed by atoms with Gasteiger partial charge in [0.2, 0.25) is 0 Å². The summed E-state index contributed by atoms with van der Waals surface area (Å²) in [5.41, 5.74) is 7.07. The molecule has 0 atom stereocenters. The van der Waals surface area contributed by atoms with Crippen molar-refractivity contribution < 1.29 is 0 Å². The molecule has 0 saturated carbocycles. The van der Waals surface area contributed by atoms with E-state index in [0.29, 0.717) is 12.1 Å². The van der Waals surface area contributed by atoms with Crippen LogP contribution in [0.1, 0.15) is 12.0 Å². The van der Waals surface area contributed by atoms with Crippen molar-refractivity contribution in [2.24, 2.45) is 5.73 Å². The summed E-state index contributed by atoms with van der Waals surface area (Å²) in [4.78, 5) is 0. The number of nitrogens with two attached hydrogens (primary N) is 1. The van der Waals surface area contributed by atoms with Crippen LogP contribution in [0.15, 0.2) is 24.3 Å². The summed E-state index contributed by atoms with van der Waals surface area (Å²) in [6.07, 6.45) is 0.958. The first kappa shape index (κ1) is 9.56. The van der Waals surface area contributed by atoms with Crippen LogP contribution in [-0.2, 0) is 0 Å². The van der Waals surface area contributed by atoms with Gasteiger partial charge in [-0.2, -0.15) is 5.26 Å². The van der Waals surface area contributed by atoms with Crippen LogP contribution in [0, 0.1) is 11.3 Å². The first-order chi connectivity index (χ1) is 6.36. The molecule has 1 rings (SSSR count). The minimum Gasteiger partial charge on any atom is -0.385 e. The van der Waals surface area contributed by atoms with Crippen LogP contribution in [0.4, 0.5) is 5.69 Å². The SMILES string of the molecule is N#Cc1ccc(NCCCN)cc1. The molecule has 0 amide bonds. The van der Waals surface area contributed by atoms with Crippen molar-refractivity contribution in [2.75, 3.05) is 18.4 Å². The summed E-state index contributed by atoms with van der Waals surface area (Å²) in [6.45, 7) is 1.58. The molecule has 0 aromatic heterocycles. The zero-order chi connectivity index (χ0) is 9.52. The molecule has 0 bridgehead atoms. The summed E-state index contributed by atoms with van der Waals surface area (Å²) < 4.78 is 0. The van der Waals surface area contributed by atoms with Gasteiger partial charge >= 0.3 is 0 Å². The number of nitrogens with zero attached hydrogens (tertiary/aromatic N) is 1. The Morgan fingerprint density at radius 2 is 2.00 bits per heavy atom. The standard InChI is InChI=1S/C10H13N3/c11-6-1-7-13-10-4-2-9(8-12)3-5-10/h2-5,13H,1,6-7,11H2. The van der Waals surface area contributed by atoms with Gasteiger partial charge in [-0.15, -0.1) is 0 Å². The summed E-state index contributed by atoms with van der Waals surface area (Å²) in [7, 11) is 0. The van der Waals surface area contributed by atoms with Crippen LogP contribution in [0.5, 0.6) is 0 Å². The highest BCUT2D eigenvalue weighted by molar-refractivity contribution is 5.46. The van der Waals surface area contributed by atoms with E-state index in [1.165, 1.54) is 0 Å². The zero-order valence-electron chi connectivity index (χ0n) is 7.46. The average Bonchev–Trinajstić information content (AvgIpc) is 2.19. The lowest BCUT2D eigenvalue weighted by molar-refractivity contribution is 0.874. The van der Waals surface area contributed by atoms with Gasteiger partial charge in [0.25, 0.3) is 0 Å². The first-order valence-corrected chi connectivity index (χ1v) is 4.31. The van der Waals surface area contributed by atoms with Crippen LogP contribution >= 0.6 is 0 Å². The fourth-order valence-electron chi connectivity index (χ4n) is 0.997. The summed E-state index contributed by atoms with van der Waals surface area (Å²) in [5.74, 6) is 0. The predicted octanol–water partition coefficient (Wildman–Crippen LogP) is 1.32. The molecule has 0 aliphatic heterocycles. The highest BCUT2D eigenvalue weighted by atomic mass is 14.9. The van der Waals surface area contributed by atoms with Crippen molar-refractivity contribution in [3.05, 3.63) is 29.8 Å². The van der Waals surface area contributed by atoms with Gasteiger partial charge in [0.05, 0.1) is 11.6 Å². The Labute approximate surface area is 78.2 Å². The third-order valence-corrected chi connectivity index (χ3v) is 1.72. The van der Waals surface area contributed by atoms with Crippen molar-refractivity contribution in [3.8, 4) is 6.07 Å². The zero-order valence-corrected chi connectivity index (χ0v) is 7.46.